The van der Waals surface area contributed by atoms with Gasteiger partial charge in [-0.15, -0.1) is 0 Å². The van der Waals surface area contributed by atoms with Gasteiger partial charge in [-0.25, -0.2) is 0 Å². The first kappa shape index (κ1) is 21.2. The van der Waals surface area contributed by atoms with Crippen molar-refractivity contribution in [3.8, 4) is 22.9 Å². The molecule has 166 valence electrons. The van der Waals surface area contributed by atoms with Gasteiger partial charge in [-0.05, 0) is 53.3 Å². The number of amides is 1. The number of rotatable bonds is 6. The van der Waals surface area contributed by atoms with E-state index in [2.05, 4.69) is 23.5 Å². The Kier molecular flexibility index (Phi) is 6.10. The van der Waals surface area contributed by atoms with E-state index in [1.165, 1.54) is 5.56 Å². The molecule has 1 saturated carbocycles. The minimum atomic E-state index is 0.0165. The standard InChI is InChI=1S/C28H26N2O3/c29-18-22-15-21(9-10-27(22)33-24-11-13-32-14-12-24)20-7-4-8-23(16-20)30-28(31)26-17-25(26)19-5-2-1-3-6-19/h1-10,15-16,24-26H,11-14,17H2,(H,30,31)/t25-,26+/m0/s1. The van der Waals surface area contributed by atoms with Gasteiger partial charge in [0.25, 0.3) is 0 Å². The number of carbonyl (C=O) groups is 1. The highest BCUT2D eigenvalue weighted by molar-refractivity contribution is 5.95. The van der Waals surface area contributed by atoms with Crippen LogP contribution in [0.3, 0.4) is 0 Å². The molecule has 1 aliphatic heterocycles. The molecule has 5 rings (SSSR count). The second-order valence-electron chi connectivity index (χ2n) is 8.68. The zero-order valence-electron chi connectivity index (χ0n) is 18.4. The number of nitrogens with zero attached hydrogens (tertiary/aromatic N) is 1. The molecule has 1 amide bonds. The first-order valence-electron chi connectivity index (χ1n) is 11.5. The van der Waals surface area contributed by atoms with Crippen molar-refractivity contribution in [3.05, 3.63) is 83.9 Å². The maximum absolute atomic E-state index is 12.8. The van der Waals surface area contributed by atoms with Gasteiger partial charge in [-0.3, -0.25) is 4.79 Å². The van der Waals surface area contributed by atoms with Crippen molar-refractivity contribution in [2.45, 2.75) is 31.3 Å². The van der Waals surface area contributed by atoms with E-state index < -0.39 is 0 Å². The summed E-state index contributed by atoms with van der Waals surface area (Å²) in [7, 11) is 0. The van der Waals surface area contributed by atoms with E-state index in [0.29, 0.717) is 30.4 Å². The second kappa shape index (κ2) is 9.48. The Labute approximate surface area is 194 Å². The summed E-state index contributed by atoms with van der Waals surface area (Å²) in [5.41, 5.74) is 4.35. The number of anilines is 1. The van der Waals surface area contributed by atoms with E-state index >= 15 is 0 Å². The van der Waals surface area contributed by atoms with Gasteiger partial charge in [0.2, 0.25) is 5.91 Å². The van der Waals surface area contributed by atoms with Crippen LogP contribution in [-0.2, 0) is 9.53 Å². The van der Waals surface area contributed by atoms with Gasteiger partial charge < -0.3 is 14.8 Å². The van der Waals surface area contributed by atoms with E-state index in [0.717, 1.165) is 36.1 Å². The average Bonchev–Trinajstić information content (AvgIpc) is 3.67. The number of hydrogen-bond donors (Lipinski definition) is 1. The molecule has 3 aromatic carbocycles. The third kappa shape index (κ3) is 4.92. The number of ether oxygens (including phenoxy) is 2. The lowest BCUT2D eigenvalue weighted by Crippen LogP contribution is -2.26. The van der Waals surface area contributed by atoms with Gasteiger partial charge >= 0.3 is 0 Å². The molecule has 1 saturated heterocycles. The highest BCUT2D eigenvalue weighted by Crippen LogP contribution is 2.48. The Morgan fingerprint density at radius 2 is 1.76 bits per heavy atom. The van der Waals surface area contributed by atoms with E-state index in [-0.39, 0.29) is 17.9 Å². The van der Waals surface area contributed by atoms with Crippen molar-refractivity contribution >= 4 is 11.6 Å². The van der Waals surface area contributed by atoms with Crippen LogP contribution in [0.2, 0.25) is 0 Å². The van der Waals surface area contributed by atoms with E-state index in [9.17, 15) is 10.1 Å². The summed E-state index contributed by atoms with van der Waals surface area (Å²) in [5, 5.41) is 12.7. The fourth-order valence-electron chi connectivity index (χ4n) is 4.44. The summed E-state index contributed by atoms with van der Waals surface area (Å²) in [5.74, 6) is 0.982. The van der Waals surface area contributed by atoms with E-state index in [4.69, 9.17) is 9.47 Å². The highest BCUT2D eigenvalue weighted by atomic mass is 16.5. The van der Waals surface area contributed by atoms with Crippen molar-refractivity contribution in [3.63, 3.8) is 0 Å². The van der Waals surface area contributed by atoms with Crippen LogP contribution < -0.4 is 10.1 Å². The smallest absolute Gasteiger partial charge is 0.228 e. The molecule has 2 fully saturated rings. The molecule has 0 bridgehead atoms. The second-order valence-corrected chi connectivity index (χ2v) is 8.68. The average molecular weight is 439 g/mol. The van der Waals surface area contributed by atoms with Crippen LogP contribution in [0.15, 0.2) is 72.8 Å². The Morgan fingerprint density at radius 3 is 2.55 bits per heavy atom. The van der Waals surface area contributed by atoms with Crippen LogP contribution in [0.5, 0.6) is 5.75 Å². The summed E-state index contributed by atoms with van der Waals surface area (Å²) in [4.78, 5) is 12.8. The summed E-state index contributed by atoms with van der Waals surface area (Å²) >= 11 is 0. The molecular weight excluding hydrogens is 412 g/mol. The quantitative estimate of drug-likeness (QED) is 0.550. The zero-order valence-corrected chi connectivity index (χ0v) is 18.4. The minimum Gasteiger partial charge on any atom is -0.489 e. The maximum Gasteiger partial charge on any atom is 0.228 e. The SMILES string of the molecule is N#Cc1cc(-c2cccc(NC(=O)[C@@H]3C[C@H]3c3ccccc3)c2)ccc1OC1CCOCC1. The summed E-state index contributed by atoms with van der Waals surface area (Å²) in [6.07, 6.45) is 2.63. The van der Waals surface area contributed by atoms with Crippen LogP contribution in [0, 0.1) is 17.2 Å². The maximum atomic E-state index is 12.8. The fourth-order valence-corrected chi connectivity index (χ4v) is 4.44. The van der Waals surface area contributed by atoms with Gasteiger partial charge in [-0.1, -0.05) is 48.5 Å². The molecule has 5 heteroatoms. The minimum absolute atomic E-state index is 0.0165. The van der Waals surface area contributed by atoms with Crippen LogP contribution in [0.25, 0.3) is 11.1 Å². The summed E-state index contributed by atoms with van der Waals surface area (Å²) in [6, 6.07) is 25.9. The summed E-state index contributed by atoms with van der Waals surface area (Å²) in [6.45, 7) is 1.38. The van der Waals surface area contributed by atoms with Crippen molar-refractivity contribution in [1.29, 1.82) is 5.26 Å². The highest BCUT2D eigenvalue weighted by Gasteiger charge is 2.43. The van der Waals surface area contributed by atoms with E-state index in [1.54, 1.807) is 0 Å². The van der Waals surface area contributed by atoms with Crippen molar-refractivity contribution in [1.82, 2.24) is 0 Å². The van der Waals surface area contributed by atoms with Crippen LogP contribution in [-0.4, -0.2) is 25.2 Å². The van der Waals surface area contributed by atoms with Crippen molar-refractivity contribution in [2.75, 3.05) is 18.5 Å². The van der Waals surface area contributed by atoms with Crippen LogP contribution >= 0.6 is 0 Å². The van der Waals surface area contributed by atoms with E-state index in [1.807, 2.05) is 60.7 Å². The molecule has 0 unspecified atom stereocenters. The summed E-state index contributed by atoms with van der Waals surface area (Å²) < 4.78 is 11.4. The Hall–Kier alpha value is -3.62. The first-order valence-corrected chi connectivity index (χ1v) is 11.5. The van der Waals surface area contributed by atoms with Gasteiger partial charge in [0.05, 0.1) is 18.8 Å². The third-order valence-corrected chi connectivity index (χ3v) is 6.38. The van der Waals surface area contributed by atoms with Gasteiger partial charge in [-0.2, -0.15) is 5.26 Å². The largest absolute Gasteiger partial charge is 0.489 e. The number of benzene rings is 3. The molecule has 1 heterocycles. The lowest BCUT2D eigenvalue weighted by molar-refractivity contribution is -0.117. The molecule has 3 aromatic rings. The molecular formula is C28H26N2O3. The Morgan fingerprint density at radius 1 is 0.970 bits per heavy atom. The first-order chi connectivity index (χ1) is 16.2. The van der Waals surface area contributed by atoms with Crippen molar-refractivity contribution in [2.24, 2.45) is 5.92 Å². The van der Waals surface area contributed by atoms with Crippen LogP contribution in [0.1, 0.15) is 36.3 Å². The molecule has 0 spiro atoms. The topological polar surface area (TPSA) is 71.4 Å². The van der Waals surface area contributed by atoms with Crippen LogP contribution in [0.4, 0.5) is 5.69 Å². The molecule has 2 atom stereocenters. The number of hydrogen-bond acceptors (Lipinski definition) is 4. The number of nitrogens with one attached hydrogen (secondary N) is 1. The monoisotopic (exact) mass is 438 g/mol. The molecule has 1 aliphatic carbocycles. The molecule has 0 aromatic heterocycles. The molecule has 2 aliphatic rings. The Balaban J connectivity index is 1.28. The Bertz CT molecular complexity index is 1180. The van der Waals surface area contributed by atoms with Gasteiger partial charge in [0.1, 0.15) is 17.9 Å². The molecule has 1 N–H and O–H groups in total. The predicted octanol–water partition coefficient (Wildman–Crippen LogP) is 5.53. The normalized spacial score (nSPS) is 20.0. The third-order valence-electron chi connectivity index (χ3n) is 6.38. The molecule has 0 radical (unpaired) electrons. The molecule has 33 heavy (non-hydrogen) atoms. The molecule has 5 nitrogen and oxygen atoms in total. The lowest BCUT2D eigenvalue weighted by Gasteiger charge is -2.23. The number of carbonyl (C=O) groups excluding carboxylic acids is 1. The van der Waals surface area contributed by atoms with Crippen molar-refractivity contribution < 1.29 is 14.3 Å². The van der Waals surface area contributed by atoms with Gasteiger partial charge in [0, 0.05) is 24.4 Å². The number of nitriles is 1. The lowest BCUT2D eigenvalue weighted by atomic mass is 10.0. The van der Waals surface area contributed by atoms with Gasteiger partial charge in [0.15, 0.2) is 0 Å². The zero-order chi connectivity index (χ0) is 22.6. The fraction of sp³-hybridized carbons (Fsp3) is 0.286. The predicted molar refractivity (Wildman–Crippen MR) is 127 cm³/mol.